The molecule has 1 aliphatic carbocycles. The van der Waals surface area contributed by atoms with Crippen molar-refractivity contribution in [3.63, 3.8) is 0 Å². The van der Waals surface area contributed by atoms with Crippen LogP contribution in [0.1, 0.15) is 44.9 Å². The van der Waals surface area contributed by atoms with Crippen molar-refractivity contribution < 1.29 is 4.74 Å². The van der Waals surface area contributed by atoms with Crippen molar-refractivity contribution in [3.8, 4) is 0 Å². The van der Waals surface area contributed by atoms with Crippen LogP contribution in [0.2, 0.25) is 0 Å². The van der Waals surface area contributed by atoms with E-state index in [0.717, 1.165) is 19.2 Å². The Morgan fingerprint density at radius 2 is 1.85 bits per heavy atom. The highest BCUT2D eigenvalue weighted by atomic mass is 16.5. The van der Waals surface area contributed by atoms with Gasteiger partial charge in [0.05, 0.1) is 6.10 Å². The molecule has 2 rings (SSSR count). The molecule has 2 aliphatic rings. The molecule has 2 nitrogen and oxygen atoms in total. The summed E-state index contributed by atoms with van der Waals surface area (Å²) in [7, 11) is 0. The van der Waals surface area contributed by atoms with Gasteiger partial charge in [0, 0.05) is 19.2 Å². The van der Waals surface area contributed by atoms with Crippen LogP contribution in [0.3, 0.4) is 0 Å². The highest BCUT2D eigenvalue weighted by Crippen LogP contribution is 2.18. The van der Waals surface area contributed by atoms with Crippen molar-refractivity contribution in [1.29, 1.82) is 0 Å². The maximum atomic E-state index is 5.58. The number of rotatable bonds is 3. The summed E-state index contributed by atoms with van der Waals surface area (Å²) in [5.74, 6) is 0. The number of nitrogens with one attached hydrogen (secondary N) is 1. The number of hydrogen-bond acceptors (Lipinski definition) is 2. The summed E-state index contributed by atoms with van der Waals surface area (Å²) >= 11 is 0. The van der Waals surface area contributed by atoms with E-state index in [1.807, 2.05) is 0 Å². The van der Waals surface area contributed by atoms with Crippen LogP contribution >= 0.6 is 0 Å². The van der Waals surface area contributed by atoms with Crippen LogP contribution in [-0.4, -0.2) is 25.3 Å². The molecule has 2 heteroatoms. The zero-order valence-corrected chi connectivity index (χ0v) is 8.43. The largest absolute Gasteiger partial charge is 0.377 e. The Hall–Kier alpha value is -0.0800. The first-order chi connectivity index (χ1) is 6.45. The molecule has 1 atom stereocenters. The van der Waals surface area contributed by atoms with E-state index in [1.54, 1.807) is 0 Å². The number of hydrogen-bond donors (Lipinski definition) is 1. The van der Waals surface area contributed by atoms with E-state index in [4.69, 9.17) is 4.74 Å². The Bertz CT molecular complexity index is 137. The molecule has 1 unspecified atom stereocenters. The molecule has 2 fully saturated rings. The molecule has 1 N–H and O–H groups in total. The van der Waals surface area contributed by atoms with Crippen molar-refractivity contribution in [2.75, 3.05) is 13.2 Å². The summed E-state index contributed by atoms with van der Waals surface area (Å²) in [5.41, 5.74) is 0. The smallest absolute Gasteiger partial charge is 0.0700 e. The zero-order valence-electron chi connectivity index (χ0n) is 8.43. The fourth-order valence-corrected chi connectivity index (χ4v) is 2.41. The molecular formula is C11H21NO. The standard InChI is InChI=1S/C11H21NO/c1-2-5-10(6-3-1)12-9-11-7-4-8-13-11/h10-12H,1-9H2. The van der Waals surface area contributed by atoms with Crippen molar-refractivity contribution in [1.82, 2.24) is 5.32 Å². The first kappa shape index (κ1) is 9.47. The van der Waals surface area contributed by atoms with Gasteiger partial charge in [-0.05, 0) is 25.7 Å². The third kappa shape index (κ3) is 2.96. The second kappa shape index (κ2) is 4.97. The lowest BCUT2D eigenvalue weighted by atomic mass is 9.95. The lowest BCUT2D eigenvalue weighted by Gasteiger charge is -2.24. The molecule has 0 radical (unpaired) electrons. The van der Waals surface area contributed by atoms with Crippen LogP contribution in [0.4, 0.5) is 0 Å². The summed E-state index contributed by atoms with van der Waals surface area (Å²) < 4.78 is 5.58. The first-order valence-electron chi connectivity index (χ1n) is 5.80. The highest BCUT2D eigenvalue weighted by molar-refractivity contribution is 4.75. The van der Waals surface area contributed by atoms with E-state index in [9.17, 15) is 0 Å². The highest BCUT2D eigenvalue weighted by Gasteiger charge is 2.18. The van der Waals surface area contributed by atoms with E-state index in [-0.39, 0.29) is 0 Å². The van der Waals surface area contributed by atoms with Gasteiger partial charge < -0.3 is 10.1 Å². The van der Waals surface area contributed by atoms with E-state index < -0.39 is 0 Å². The van der Waals surface area contributed by atoms with Crippen molar-refractivity contribution in [2.24, 2.45) is 0 Å². The quantitative estimate of drug-likeness (QED) is 0.723. The van der Waals surface area contributed by atoms with Gasteiger partial charge in [0.25, 0.3) is 0 Å². The summed E-state index contributed by atoms with van der Waals surface area (Å²) in [4.78, 5) is 0. The van der Waals surface area contributed by atoms with E-state index in [2.05, 4.69) is 5.32 Å². The molecule has 0 aromatic heterocycles. The number of ether oxygens (including phenoxy) is 1. The average Bonchev–Trinajstić information content (AvgIpc) is 2.69. The fourth-order valence-electron chi connectivity index (χ4n) is 2.41. The third-order valence-corrected chi connectivity index (χ3v) is 3.26. The van der Waals surface area contributed by atoms with Gasteiger partial charge in [0.1, 0.15) is 0 Å². The van der Waals surface area contributed by atoms with Crippen LogP contribution in [-0.2, 0) is 4.74 Å². The minimum Gasteiger partial charge on any atom is -0.377 e. The normalized spacial score (nSPS) is 30.9. The second-order valence-electron chi connectivity index (χ2n) is 4.38. The predicted molar refractivity (Wildman–Crippen MR) is 53.8 cm³/mol. The van der Waals surface area contributed by atoms with Gasteiger partial charge in [0.2, 0.25) is 0 Å². The molecule has 76 valence electrons. The first-order valence-corrected chi connectivity index (χ1v) is 5.80. The lowest BCUT2D eigenvalue weighted by molar-refractivity contribution is 0.106. The Balaban J connectivity index is 1.60. The van der Waals surface area contributed by atoms with Crippen LogP contribution in [0.5, 0.6) is 0 Å². The van der Waals surface area contributed by atoms with Gasteiger partial charge in [-0.3, -0.25) is 0 Å². The van der Waals surface area contributed by atoms with Gasteiger partial charge in [0.15, 0.2) is 0 Å². The Morgan fingerprint density at radius 1 is 1.00 bits per heavy atom. The van der Waals surface area contributed by atoms with E-state index in [0.29, 0.717) is 6.10 Å². The zero-order chi connectivity index (χ0) is 8.93. The van der Waals surface area contributed by atoms with Crippen LogP contribution in [0.25, 0.3) is 0 Å². The van der Waals surface area contributed by atoms with Gasteiger partial charge in [-0.25, -0.2) is 0 Å². The molecule has 0 aromatic carbocycles. The van der Waals surface area contributed by atoms with Gasteiger partial charge in [-0.1, -0.05) is 19.3 Å². The predicted octanol–water partition coefficient (Wildman–Crippen LogP) is 2.09. The molecule has 0 spiro atoms. The minimum absolute atomic E-state index is 0.516. The Kier molecular flexibility index (Phi) is 3.62. The van der Waals surface area contributed by atoms with Crippen LogP contribution in [0, 0.1) is 0 Å². The molecule has 13 heavy (non-hydrogen) atoms. The van der Waals surface area contributed by atoms with E-state index >= 15 is 0 Å². The monoisotopic (exact) mass is 183 g/mol. The van der Waals surface area contributed by atoms with Gasteiger partial charge in [-0.2, -0.15) is 0 Å². The SMILES string of the molecule is C1CCC(NCC2CCCO2)CC1. The average molecular weight is 183 g/mol. The van der Waals surface area contributed by atoms with Crippen molar-refractivity contribution in [2.45, 2.75) is 57.1 Å². The minimum atomic E-state index is 0.516. The fraction of sp³-hybridized carbons (Fsp3) is 1.00. The molecule has 0 aromatic rings. The van der Waals surface area contributed by atoms with Gasteiger partial charge >= 0.3 is 0 Å². The third-order valence-electron chi connectivity index (χ3n) is 3.26. The molecule has 1 saturated heterocycles. The molecular weight excluding hydrogens is 162 g/mol. The second-order valence-corrected chi connectivity index (χ2v) is 4.38. The maximum absolute atomic E-state index is 5.58. The van der Waals surface area contributed by atoms with Crippen LogP contribution in [0.15, 0.2) is 0 Å². The Morgan fingerprint density at radius 3 is 2.54 bits per heavy atom. The maximum Gasteiger partial charge on any atom is 0.0700 e. The molecule has 1 heterocycles. The molecule has 1 saturated carbocycles. The van der Waals surface area contributed by atoms with E-state index in [1.165, 1.54) is 44.9 Å². The Labute approximate surface area is 81.0 Å². The topological polar surface area (TPSA) is 21.3 Å². The van der Waals surface area contributed by atoms with Gasteiger partial charge in [-0.15, -0.1) is 0 Å². The lowest BCUT2D eigenvalue weighted by Crippen LogP contribution is -2.36. The van der Waals surface area contributed by atoms with Crippen LogP contribution < -0.4 is 5.32 Å². The summed E-state index contributed by atoms with van der Waals surface area (Å²) in [6, 6.07) is 0.790. The molecule has 0 amide bonds. The molecule has 0 bridgehead atoms. The van der Waals surface area contributed by atoms with Crippen molar-refractivity contribution >= 4 is 0 Å². The van der Waals surface area contributed by atoms with Crippen molar-refractivity contribution in [3.05, 3.63) is 0 Å². The summed E-state index contributed by atoms with van der Waals surface area (Å²) in [6.45, 7) is 2.07. The summed E-state index contributed by atoms with van der Waals surface area (Å²) in [6.07, 6.45) is 10.1. The molecule has 1 aliphatic heterocycles. The summed E-state index contributed by atoms with van der Waals surface area (Å²) in [5, 5.41) is 3.64.